The second kappa shape index (κ2) is 6.98. The van der Waals surface area contributed by atoms with Crippen LogP contribution in [0.5, 0.6) is 0 Å². The monoisotopic (exact) mass is 500 g/mol. The van der Waals surface area contributed by atoms with E-state index in [-0.39, 0.29) is 20.9 Å². The van der Waals surface area contributed by atoms with Gasteiger partial charge in [0.15, 0.2) is 0 Å². The Morgan fingerprint density at radius 3 is 1.63 bits per heavy atom. The van der Waals surface area contributed by atoms with Gasteiger partial charge in [-0.15, -0.1) is 0 Å². The fourth-order valence-corrected chi connectivity index (χ4v) is 7.88. The Kier molecular flexibility index (Phi) is 4.24. The van der Waals surface area contributed by atoms with E-state index in [1.54, 1.807) is 7.22 Å². The van der Waals surface area contributed by atoms with Crippen molar-refractivity contribution in [2.45, 2.75) is 19.8 Å². The molecule has 1 aliphatic carbocycles. The fourth-order valence-electron chi connectivity index (χ4n) is 4.77. The van der Waals surface area contributed by atoms with Gasteiger partial charge in [0.2, 0.25) is 0 Å². The number of hydrogen-bond acceptors (Lipinski definition) is 0. The van der Waals surface area contributed by atoms with E-state index in [4.69, 9.17) is 0 Å². The summed E-state index contributed by atoms with van der Waals surface area (Å²) in [6.45, 7) is 4.57. The number of rotatable bonds is 1. The Morgan fingerprint density at radius 1 is 0.500 bits per heavy atom. The van der Waals surface area contributed by atoms with Gasteiger partial charge in [0.25, 0.3) is 0 Å². The second-order valence-electron chi connectivity index (χ2n) is 8.35. The molecule has 0 nitrogen and oxygen atoms in total. The topological polar surface area (TPSA) is 0 Å². The summed E-state index contributed by atoms with van der Waals surface area (Å²) in [5.74, 6) is 0.517. The quantitative estimate of drug-likeness (QED) is 0.253. The van der Waals surface area contributed by atoms with E-state index >= 15 is 0 Å². The zero-order valence-corrected chi connectivity index (χ0v) is 19.5. The molecule has 0 atom stereocenters. The molecule has 0 bridgehead atoms. The molecule has 0 spiro atoms. The first kappa shape index (κ1) is 18.2. The van der Waals surface area contributed by atoms with Crippen molar-refractivity contribution in [3.63, 3.8) is 0 Å². The van der Waals surface area contributed by atoms with Crippen LogP contribution in [-0.4, -0.2) is 20.9 Å². The molecular formula is C29H22Te. The SMILES string of the molecule is CC(C)c1ccc2c(c1)C(=C1c3ccccc3[Te]c3ccccc31)c1ccccc1-2. The van der Waals surface area contributed by atoms with Crippen LogP contribution in [0.2, 0.25) is 0 Å². The first-order valence-electron chi connectivity index (χ1n) is 10.6. The van der Waals surface area contributed by atoms with E-state index in [1.165, 1.54) is 50.1 Å². The molecule has 144 valence electrons. The molecule has 0 N–H and O–H groups in total. The van der Waals surface area contributed by atoms with Gasteiger partial charge in [-0.3, -0.25) is 0 Å². The first-order valence-corrected chi connectivity index (χ1v) is 12.9. The Balaban J connectivity index is 1.77. The molecule has 1 aliphatic heterocycles. The van der Waals surface area contributed by atoms with Crippen molar-refractivity contribution >= 4 is 39.3 Å². The molecule has 1 heterocycles. The summed E-state index contributed by atoms with van der Waals surface area (Å²) in [5.41, 5.74) is 12.6. The predicted octanol–water partition coefficient (Wildman–Crippen LogP) is 5.77. The molecule has 0 saturated heterocycles. The Labute approximate surface area is 188 Å². The summed E-state index contributed by atoms with van der Waals surface area (Å²) in [5, 5.41) is 0. The van der Waals surface area contributed by atoms with E-state index in [1.807, 2.05) is 0 Å². The molecular weight excluding hydrogens is 476 g/mol. The number of hydrogen-bond donors (Lipinski definition) is 0. The minimum atomic E-state index is -0.366. The molecule has 0 fully saturated rings. The normalized spacial score (nSPS) is 13.7. The summed E-state index contributed by atoms with van der Waals surface area (Å²) >= 11 is -0.366. The predicted molar refractivity (Wildman–Crippen MR) is 129 cm³/mol. The molecule has 0 aromatic heterocycles. The molecule has 4 aromatic carbocycles. The molecule has 4 aromatic rings. The number of fused-ring (bicyclic) bond motifs is 5. The van der Waals surface area contributed by atoms with Crippen LogP contribution in [0, 0.1) is 0 Å². The van der Waals surface area contributed by atoms with Gasteiger partial charge in [-0.2, -0.15) is 0 Å². The van der Waals surface area contributed by atoms with Crippen LogP contribution in [0.3, 0.4) is 0 Å². The van der Waals surface area contributed by atoms with Crippen LogP contribution in [0.1, 0.15) is 47.6 Å². The Bertz CT molecular complexity index is 1290. The second-order valence-corrected chi connectivity index (χ2v) is 11.4. The Morgan fingerprint density at radius 2 is 1.00 bits per heavy atom. The molecule has 0 amide bonds. The maximum atomic E-state index is 2.44. The van der Waals surface area contributed by atoms with E-state index in [0.29, 0.717) is 5.92 Å². The van der Waals surface area contributed by atoms with Crippen LogP contribution in [0.15, 0.2) is 91.0 Å². The minimum absolute atomic E-state index is 0.366. The van der Waals surface area contributed by atoms with Gasteiger partial charge >= 0.3 is 189 Å². The third kappa shape index (κ3) is 2.66. The molecule has 6 rings (SSSR count). The zero-order valence-electron chi connectivity index (χ0n) is 17.1. The fraction of sp³-hybridized carbons (Fsp3) is 0.103. The molecule has 0 unspecified atom stereocenters. The third-order valence-electron chi connectivity index (χ3n) is 6.25. The van der Waals surface area contributed by atoms with Crippen LogP contribution < -0.4 is 7.22 Å². The average molecular weight is 498 g/mol. The molecule has 1 heteroatoms. The van der Waals surface area contributed by atoms with Crippen molar-refractivity contribution in [1.82, 2.24) is 0 Å². The van der Waals surface area contributed by atoms with Crippen molar-refractivity contribution in [1.29, 1.82) is 0 Å². The average Bonchev–Trinajstić information content (AvgIpc) is 3.11. The summed E-state index contributed by atoms with van der Waals surface area (Å²) in [4.78, 5) is 0. The van der Waals surface area contributed by atoms with E-state index in [2.05, 4.69) is 105 Å². The van der Waals surface area contributed by atoms with E-state index in [0.717, 1.165) is 0 Å². The molecule has 0 radical (unpaired) electrons. The summed E-state index contributed by atoms with van der Waals surface area (Å²) in [7, 11) is 0. The third-order valence-corrected chi connectivity index (χ3v) is 9.54. The van der Waals surface area contributed by atoms with Crippen LogP contribution in [0.4, 0.5) is 0 Å². The zero-order chi connectivity index (χ0) is 20.2. The van der Waals surface area contributed by atoms with Gasteiger partial charge in [0.1, 0.15) is 0 Å². The molecule has 30 heavy (non-hydrogen) atoms. The number of benzene rings is 4. The van der Waals surface area contributed by atoms with E-state index in [9.17, 15) is 0 Å². The van der Waals surface area contributed by atoms with E-state index < -0.39 is 0 Å². The van der Waals surface area contributed by atoms with Gasteiger partial charge < -0.3 is 0 Å². The van der Waals surface area contributed by atoms with Crippen molar-refractivity contribution in [3.8, 4) is 11.1 Å². The van der Waals surface area contributed by atoms with Gasteiger partial charge in [-0.05, 0) is 0 Å². The van der Waals surface area contributed by atoms with Gasteiger partial charge in [-0.25, -0.2) is 0 Å². The Hall–Kier alpha value is -2.59. The van der Waals surface area contributed by atoms with Crippen LogP contribution in [-0.2, 0) is 0 Å². The summed E-state index contributed by atoms with van der Waals surface area (Å²) in [6, 6.07) is 34.2. The van der Waals surface area contributed by atoms with Crippen molar-refractivity contribution < 1.29 is 0 Å². The van der Waals surface area contributed by atoms with Gasteiger partial charge in [0.05, 0.1) is 0 Å². The van der Waals surface area contributed by atoms with Gasteiger partial charge in [0, 0.05) is 0 Å². The van der Waals surface area contributed by atoms with Gasteiger partial charge in [-0.1, -0.05) is 0 Å². The first-order chi connectivity index (χ1) is 14.7. The van der Waals surface area contributed by atoms with Crippen molar-refractivity contribution in [2.75, 3.05) is 0 Å². The van der Waals surface area contributed by atoms with Crippen molar-refractivity contribution in [2.24, 2.45) is 0 Å². The molecule has 0 saturated carbocycles. The van der Waals surface area contributed by atoms with Crippen molar-refractivity contribution in [3.05, 3.63) is 119 Å². The maximum absolute atomic E-state index is 2.44. The standard InChI is InChI=1S/C29H22Te/c1-18(2)19-15-16-21-20-9-3-4-10-22(20)28(25(21)17-19)29-23-11-5-7-13-26(23)30-27-14-8-6-12-24(27)29/h3-18H,1-2H3. The summed E-state index contributed by atoms with van der Waals surface area (Å²) < 4.78 is 3.10. The van der Waals surface area contributed by atoms with Crippen LogP contribution in [0.25, 0.3) is 22.3 Å². The van der Waals surface area contributed by atoms with Crippen LogP contribution >= 0.6 is 0 Å². The summed E-state index contributed by atoms with van der Waals surface area (Å²) in [6.07, 6.45) is 0. The molecule has 2 aliphatic rings.